The first-order valence-electron chi connectivity index (χ1n) is 10.6. The van der Waals surface area contributed by atoms with Crippen molar-refractivity contribution < 1.29 is 9.59 Å². The van der Waals surface area contributed by atoms with Crippen LogP contribution < -0.4 is 5.32 Å². The van der Waals surface area contributed by atoms with Gasteiger partial charge in [-0.05, 0) is 54.2 Å². The van der Waals surface area contributed by atoms with Gasteiger partial charge in [0.2, 0.25) is 11.8 Å². The summed E-state index contributed by atoms with van der Waals surface area (Å²) in [5.74, 6) is -0.0693. The van der Waals surface area contributed by atoms with E-state index in [1.54, 1.807) is 0 Å². The number of likely N-dealkylation sites (tertiary alicyclic amines) is 1. The van der Waals surface area contributed by atoms with Crippen LogP contribution in [0.25, 0.3) is 10.8 Å². The van der Waals surface area contributed by atoms with Crippen molar-refractivity contribution in [2.45, 2.75) is 33.1 Å². The molecule has 4 rings (SSSR count). The molecule has 1 atom stereocenters. The number of carbonyl (C=O) groups is 2. The second kappa shape index (κ2) is 8.70. The van der Waals surface area contributed by atoms with Gasteiger partial charge in [-0.25, -0.2) is 0 Å². The summed E-state index contributed by atoms with van der Waals surface area (Å²) >= 11 is 0. The van der Waals surface area contributed by atoms with E-state index < -0.39 is 0 Å². The molecular weight excluding hydrogens is 372 g/mol. The molecule has 0 unspecified atom stereocenters. The van der Waals surface area contributed by atoms with Gasteiger partial charge >= 0.3 is 0 Å². The highest BCUT2D eigenvalue weighted by Crippen LogP contribution is 2.24. The van der Waals surface area contributed by atoms with Crippen LogP contribution in [0.4, 0.5) is 5.69 Å². The van der Waals surface area contributed by atoms with Crippen molar-refractivity contribution in [3.8, 4) is 0 Å². The number of rotatable bonds is 4. The molecular formula is C26H28N2O2. The number of nitrogens with zero attached hydrogens (tertiary/aromatic N) is 1. The van der Waals surface area contributed by atoms with Crippen molar-refractivity contribution >= 4 is 28.3 Å². The summed E-state index contributed by atoms with van der Waals surface area (Å²) < 4.78 is 0. The van der Waals surface area contributed by atoms with Gasteiger partial charge in [-0.1, -0.05) is 60.7 Å². The lowest BCUT2D eigenvalue weighted by molar-refractivity contribution is -0.133. The fourth-order valence-corrected chi connectivity index (χ4v) is 4.38. The van der Waals surface area contributed by atoms with Gasteiger partial charge in [0.05, 0.1) is 12.3 Å². The number of para-hydroxylation sites is 1. The first-order chi connectivity index (χ1) is 14.5. The minimum Gasteiger partial charge on any atom is -0.342 e. The van der Waals surface area contributed by atoms with Gasteiger partial charge in [-0.2, -0.15) is 0 Å². The van der Waals surface area contributed by atoms with Crippen LogP contribution >= 0.6 is 0 Å². The summed E-state index contributed by atoms with van der Waals surface area (Å²) in [4.78, 5) is 27.8. The van der Waals surface area contributed by atoms with Gasteiger partial charge < -0.3 is 10.2 Å². The number of nitrogens with one attached hydrogen (secondary N) is 1. The molecule has 4 nitrogen and oxygen atoms in total. The second-order valence-electron chi connectivity index (χ2n) is 8.25. The van der Waals surface area contributed by atoms with Crippen molar-refractivity contribution in [1.82, 2.24) is 4.90 Å². The highest BCUT2D eigenvalue weighted by atomic mass is 16.2. The van der Waals surface area contributed by atoms with Crippen molar-refractivity contribution in [1.29, 1.82) is 0 Å². The maximum absolute atomic E-state index is 13.0. The van der Waals surface area contributed by atoms with Crippen molar-refractivity contribution in [2.75, 3.05) is 18.4 Å². The Balaban J connectivity index is 1.44. The van der Waals surface area contributed by atoms with Crippen LogP contribution in [0.3, 0.4) is 0 Å². The minimum atomic E-state index is -0.172. The van der Waals surface area contributed by atoms with Gasteiger partial charge in [0.1, 0.15) is 0 Å². The zero-order valence-corrected chi connectivity index (χ0v) is 17.7. The SMILES string of the molecule is Cc1cccc(C)c1NC(=O)[C@@H]1CCCN(C(=O)Cc2cccc3ccccc23)C1. The zero-order valence-electron chi connectivity index (χ0n) is 17.7. The Hall–Kier alpha value is -3.14. The number of anilines is 1. The van der Waals surface area contributed by atoms with Crippen molar-refractivity contribution in [3.05, 3.63) is 77.4 Å². The van der Waals surface area contributed by atoms with E-state index in [9.17, 15) is 9.59 Å². The molecule has 0 bridgehead atoms. The molecule has 0 saturated carbocycles. The highest BCUT2D eigenvalue weighted by Gasteiger charge is 2.29. The first kappa shape index (κ1) is 20.1. The van der Waals surface area contributed by atoms with E-state index in [0.717, 1.165) is 52.5 Å². The summed E-state index contributed by atoms with van der Waals surface area (Å²) in [5.41, 5.74) is 4.05. The van der Waals surface area contributed by atoms with Gasteiger partial charge in [-0.3, -0.25) is 9.59 Å². The van der Waals surface area contributed by atoms with Crippen LogP contribution in [0, 0.1) is 19.8 Å². The molecule has 0 aliphatic carbocycles. The Morgan fingerprint density at radius 1 is 0.967 bits per heavy atom. The third-order valence-corrected chi connectivity index (χ3v) is 6.10. The van der Waals surface area contributed by atoms with E-state index in [1.807, 2.05) is 61.2 Å². The fraction of sp³-hybridized carbons (Fsp3) is 0.308. The Kier molecular flexibility index (Phi) is 5.84. The maximum Gasteiger partial charge on any atom is 0.229 e. The van der Waals surface area contributed by atoms with E-state index in [2.05, 4.69) is 23.5 Å². The van der Waals surface area contributed by atoms with Gasteiger partial charge in [0.15, 0.2) is 0 Å². The van der Waals surface area contributed by atoms with Crippen molar-refractivity contribution in [3.63, 3.8) is 0 Å². The van der Waals surface area contributed by atoms with E-state index >= 15 is 0 Å². The molecule has 1 aliphatic heterocycles. The lowest BCUT2D eigenvalue weighted by Gasteiger charge is -2.32. The molecule has 1 N–H and O–H groups in total. The number of hydrogen-bond acceptors (Lipinski definition) is 2. The average molecular weight is 401 g/mol. The number of fused-ring (bicyclic) bond motifs is 1. The van der Waals surface area contributed by atoms with Gasteiger partial charge in [-0.15, -0.1) is 0 Å². The molecule has 30 heavy (non-hydrogen) atoms. The quantitative estimate of drug-likeness (QED) is 0.679. The number of carbonyl (C=O) groups excluding carboxylic acids is 2. The van der Waals surface area contributed by atoms with Crippen LogP contribution in [0.5, 0.6) is 0 Å². The number of hydrogen-bond donors (Lipinski definition) is 1. The van der Waals surface area contributed by atoms with E-state index in [1.165, 1.54) is 0 Å². The van der Waals surface area contributed by atoms with Crippen LogP contribution in [-0.2, 0) is 16.0 Å². The highest BCUT2D eigenvalue weighted by molar-refractivity contribution is 5.95. The second-order valence-corrected chi connectivity index (χ2v) is 8.25. The molecule has 1 saturated heterocycles. The lowest BCUT2D eigenvalue weighted by atomic mass is 9.95. The monoisotopic (exact) mass is 400 g/mol. The topological polar surface area (TPSA) is 49.4 Å². The summed E-state index contributed by atoms with van der Waals surface area (Å²) in [7, 11) is 0. The summed E-state index contributed by atoms with van der Waals surface area (Å²) in [6.07, 6.45) is 2.04. The number of amides is 2. The molecule has 0 radical (unpaired) electrons. The Labute approximate surface area is 177 Å². The normalized spacial score (nSPS) is 16.5. The lowest BCUT2D eigenvalue weighted by Crippen LogP contribution is -2.44. The van der Waals surface area contributed by atoms with Gasteiger partial charge in [0.25, 0.3) is 0 Å². The first-order valence-corrected chi connectivity index (χ1v) is 10.6. The van der Waals surface area contributed by atoms with Crippen LogP contribution in [0.1, 0.15) is 29.5 Å². The molecule has 4 heteroatoms. The number of aryl methyl sites for hydroxylation is 2. The minimum absolute atomic E-state index is 0.00932. The largest absolute Gasteiger partial charge is 0.342 e. The third kappa shape index (κ3) is 4.23. The van der Waals surface area contributed by atoms with Crippen molar-refractivity contribution in [2.24, 2.45) is 5.92 Å². The summed E-state index contributed by atoms with van der Waals surface area (Å²) in [6, 6.07) is 20.2. The maximum atomic E-state index is 13.0. The number of benzene rings is 3. The Morgan fingerprint density at radius 3 is 2.47 bits per heavy atom. The summed E-state index contributed by atoms with van der Waals surface area (Å²) in [5, 5.41) is 5.37. The average Bonchev–Trinajstić information content (AvgIpc) is 2.76. The molecule has 0 spiro atoms. The van der Waals surface area contributed by atoms with E-state index in [4.69, 9.17) is 0 Å². The molecule has 154 valence electrons. The summed E-state index contributed by atoms with van der Waals surface area (Å²) in [6.45, 7) is 5.21. The molecule has 3 aromatic carbocycles. The smallest absolute Gasteiger partial charge is 0.229 e. The number of piperidine rings is 1. The molecule has 0 aromatic heterocycles. The molecule has 1 aliphatic rings. The molecule has 1 heterocycles. The van der Waals surface area contributed by atoms with Crippen LogP contribution in [0.15, 0.2) is 60.7 Å². The Morgan fingerprint density at radius 2 is 1.67 bits per heavy atom. The predicted octanol–water partition coefficient (Wildman–Crippen LogP) is 4.88. The molecule has 2 amide bonds. The predicted molar refractivity (Wildman–Crippen MR) is 122 cm³/mol. The van der Waals surface area contributed by atoms with E-state index in [0.29, 0.717) is 13.0 Å². The third-order valence-electron chi connectivity index (χ3n) is 6.10. The zero-order chi connectivity index (χ0) is 21.1. The molecule has 3 aromatic rings. The fourth-order valence-electron chi connectivity index (χ4n) is 4.38. The van der Waals surface area contributed by atoms with Crippen LogP contribution in [-0.4, -0.2) is 29.8 Å². The van der Waals surface area contributed by atoms with E-state index in [-0.39, 0.29) is 17.7 Å². The van der Waals surface area contributed by atoms with Gasteiger partial charge in [0, 0.05) is 18.8 Å². The molecule has 1 fully saturated rings. The Bertz CT molecular complexity index is 1060. The standard InChI is InChI=1S/C26H28N2O2/c1-18-8-5-9-19(2)25(18)27-26(30)22-13-7-15-28(17-22)24(29)16-21-12-6-11-20-10-3-4-14-23(20)21/h3-6,8-12,14,22H,7,13,15-17H2,1-2H3,(H,27,30)/t22-/m1/s1. The van der Waals surface area contributed by atoms with Crippen LogP contribution in [0.2, 0.25) is 0 Å².